The number of carbonyl (C=O) groups excluding carboxylic acids is 2. The first kappa shape index (κ1) is 20.8. The molecule has 7 heteroatoms. The van der Waals surface area contributed by atoms with Gasteiger partial charge >= 0.3 is 5.97 Å². The molecule has 2 aromatic rings. The predicted molar refractivity (Wildman–Crippen MR) is 112 cm³/mol. The summed E-state index contributed by atoms with van der Waals surface area (Å²) in [7, 11) is -3.68. The SMILES string of the molecule is Cc1ccc(S(=O)(=O)NC2CC2)cc1C(=O)OCC(=O)c1ccc2c(c1)CCCC2. The molecule has 2 aliphatic carbocycles. The molecule has 158 valence electrons. The first-order valence-corrected chi connectivity index (χ1v) is 11.8. The fourth-order valence-corrected chi connectivity index (χ4v) is 5.01. The zero-order chi connectivity index (χ0) is 21.3. The lowest BCUT2D eigenvalue weighted by molar-refractivity contribution is 0.0473. The molecule has 0 bridgehead atoms. The highest BCUT2D eigenvalue weighted by atomic mass is 32.2. The first-order chi connectivity index (χ1) is 14.3. The number of benzene rings is 2. The number of rotatable bonds is 7. The molecule has 30 heavy (non-hydrogen) atoms. The highest BCUT2D eigenvalue weighted by Gasteiger charge is 2.28. The van der Waals surface area contributed by atoms with E-state index in [2.05, 4.69) is 4.72 Å². The Bertz CT molecular complexity index is 1100. The first-order valence-electron chi connectivity index (χ1n) is 10.3. The maximum atomic E-state index is 12.6. The summed E-state index contributed by atoms with van der Waals surface area (Å²) in [5.41, 5.74) is 3.74. The molecule has 6 nitrogen and oxygen atoms in total. The normalized spacial score (nSPS) is 16.0. The van der Waals surface area contributed by atoms with Crippen molar-refractivity contribution < 1.29 is 22.7 Å². The monoisotopic (exact) mass is 427 g/mol. The van der Waals surface area contributed by atoms with Crippen LogP contribution >= 0.6 is 0 Å². The molecular weight excluding hydrogens is 402 g/mol. The molecule has 4 rings (SSSR count). The maximum absolute atomic E-state index is 12.6. The zero-order valence-corrected chi connectivity index (χ0v) is 17.8. The highest BCUT2D eigenvalue weighted by Crippen LogP contribution is 2.24. The highest BCUT2D eigenvalue weighted by molar-refractivity contribution is 7.89. The quantitative estimate of drug-likeness (QED) is 0.541. The Morgan fingerprint density at radius 3 is 2.50 bits per heavy atom. The van der Waals surface area contributed by atoms with Crippen LogP contribution < -0.4 is 4.72 Å². The van der Waals surface area contributed by atoms with E-state index in [4.69, 9.17) is 4.74 Å². The Labute approximate surface area is 176 Å². The second-order valence-electron chi connectivity index (χ2n) is 8.06. The molecule has 0 spiro atoms. The fourth-order valence-electron chi connectivity index (χ4n) is 3.68. The van der Waals surface area contributed by atoms with Crippen LogP contribution in [0.2, 0.25) is 0 Å². The van der Waals surface area contributed by atoms with Crippen LogP contribution in [0.4, 0.5) is 0 Å². The van der Waals surface area contributed by atoms with Crippen molar-refractivity contribution in [2.45, 2.75) is 56.4 Å². The minimum absolute atomic E-state index is 0.0213. The van der Waals surface area contributed by atoms with Gasteiger partial charge in [-0.25, -0.2) is 17.9 Å². The number of nitrogens with one attached hydrogen (secondary N) is 1. The van der Waals surface area contributed by atoms with Crippen molar-refractivity contribution in [2.24, 2.45) is 0 Å². The predicted octanol–water partition coefficient (Wildman–Crippen LogP) is 3.35. The minimum Gasteiger partial charge on any atom is -0.454 e. The van der Waals surface area contributed by atoms with Crippen molar-refractivity contribution in [1.82, 2.24) is 4.72 Å². The summed E-state index contributed by atoms with van der Waals surface area (Å²) in [6.07, 6.45) is 5.93. The summed E-state index contributed by atoms with van der Waals surface area (Å²) >= 11 is 0. The van der Waals surface area contributed by atoms with Crippen LogP contribution in [-0.4, -0.2) is 32.8 Å². The number of hydrogen-bond donors (Lipinski definition) is 1. The molecule has 1 N–H and O–H groups in total. The molecule has 0 heterocycles. The van der Waals surface area contributed by atoms with E-state index in [1.54, 1.807) is 19.1 Å². The van der Waals surface area contributed by atoms with Crippen molar-refractivity contribution in [2.75, 3.05) is 6.61 Å². The Morgan fingerprint density at radius 2 is 1.77 bits per heavy atom. The molecule has 2 aromatic carbocycles. The minimum atomic E-state index is -3.68. The fraction of sp³-hybridized carbons (Fsp3) is 0.391. The van der Waals surface area contributed by atoms with Crippen molar-refractivity contribution in [1.29, 1.82) is 0 Å². The van der Waals surface area contributed by atoms with Crippen molar-refractivity contribution in [3.63, 3.8) is 0 Å². The number of aryl methyl sites for hydroxylation is 3. The lowest BCUT2D eigenvalue weighted by Gasteiger charge is -2.16. The number of fused-ring (bicyclic) bond motifs is 1. The van der Waals surface area contributed by atoms with E-state index in [9.17, 15) is 18.0 Å². The molecule has 2 aliphatic rings. The van der Waals surface area contributed by atoms with Gasteiger partial charge in [0.1, 0.15) is 0 Å². The Morgan fingerprint density at radius 1 is 1.03 bits per heavy atom. The van der Waals surface area contributed by atoms with Crippen LogP contribution in [0.5, 0.6) is 0 Å². The number of hydrogen-bond acceptors (Lipinski definition) is 5. The van der Waals surface area contributed by atoms with Gasteiger partial charge in [-0.05, 0) is 80.3 Å². The van der Waals surface area contributed by atoms with Crippen LogP contribution in [0, 0.1) is 6.92 Å². The van der Waals surface area contributed by atoms with Crippen LogP contribution in [0.25, 0.3) is 0 Å². The number of ether oxygens (including phenoxy) is 1. The molecule has 0 unspecified atom stereocenters. The number of Topliss-reactive ketones (excluding diaryl/α,β-unsaturated/α-hetero) is 1. The van der Waals surface area contributed by atoms with E-state index in [0.717, 1.165) is 32.1 Å². The van der Waals surface area contributed by atoms with Crippen LogP contribution in [0.15, 0.2) is 41.3 Å². The van der Waals surface area contributed by atoms with Gasteiger partial charge < -0.3 is 4.74 Å². The average molecular weight is 428 g/mol. The van der Waals surface area contributed by atoms with Gasteiger partial charge in [-0.1, -0.05) is 18.2 Å². The summed E-state index contributed by atoms with van der Waals surface area (Å²) in [5, 5.41) is 0. The molecule has 0 atom stereocenters. The van der Waals surface area contributed by atoms with Gasteiger partial charge in [0.2, 0.25) is 10.0 Å². The smallest absolute Gasteiger partial charge is 0.338 e. The van der Waals surface area contributed by atoms with E-state index in [0.29, 0.717) is 11.1 Å². The van der Waals surface area contributed by atoms with Crippen LogP contribution in [-0.2, 0) is 27.6 Å². The molecular formula is C23H25NO5S. The van der Waals surface area contributed by atoms with Crippen molar-refractivity contribution in [3.8, 4) is 0 Å². The van der Waals surface area contributed by atoms with Crippen molar-refractivity contribution in [3.05, 3.63) is 64.2 Å². The number of esters is 1. The molecule has 1 fully saturated rings. The topological polar surface area (TPSA) is 89.5 Å². The number of sulfonamides is 1. The third-order valence-electron chi connectivity index (χ3n) is 5.64. The van der Waals surface area contributed by atoms with E-state index >= 15 is 0 Å². The van der Waals surface area contributed by atoms with Crippen LogP contribution in [0.1, 0.15) is 63.1 Å². The summed E-state index contributed by atoms with van der Waals surface area (Å²) in [6.45, 7) is 1.32. The van der Waals surface area contributed by atoms with Gasteiger partial charge in [-0.3, -0.25) is 4.79 Å². The summed E-state index contributed by atoms with van der Waals surface area (Å²) in [5.74, 6) is -0.976. The van der Waals surface area contributed by atoms with Gasteiger partial charge in [-0.2, -0.15) is 0 Å². The lowest BCUT2D eigenvalue weighted by Crippen LogP contribution is -2.26. The molecule has 0 amide bonds. The number of carbonyl (C=O) groups is 2. The second-order valence-corrected chi connectivity index (χ2v) is 9.78. The Balaban J connectivity index is 1.44. The van der Waals surface area contributed by atoms with Crippen LogP contribution in [0.3, 0.4) is 0 Å². The Hall–Kier alpha value is -2.51. The van der Waals surface area contributed by atoms with Gasteiger partial charge in [0.05, 0.1) is 10.5 Å². The molecule has 0 aromatic heterocycles. The van der Waals surface area contributed by atoms with E-state index < -0.39 is 16.0 Å². The van der Waals surface area contributed by atoms with E-state index in [1.165, 1.54) is 29.7 Å². The average Bonchev–Trinajstić information content (AvgIpc) is 3.54. The second kappa shape index (κ2) is 8.32. The molecule has 0 radical (unpaired) electrons. The third kappa shape index (κ3) is 4.63. The zero-order valence-electron chi connectivity index (χ0n) is 16.9. The van der Waals surface area contributed by atoms with Gasteiger partial charge in [0.15, 0.2) is 12.4 Å². The third-order valence-corrected chi connectivity index (χ3v) is 7.16. The maximum Gasteiger partial charge on any atom is 0.338 e. The summed E-state index contributed by atoms with van der Waals surface area (Å²) in [6, 6.07) is 9.98. The largest absolute Gasteiger partial charge is 0.454 e. The van der Waals surface area contributed by atoms with Gasteiger partial charge in [0.25, 0.3) is 0 Å². The Kier molecular flexibility index (Phi) is 5.75. The van der Waals surface area contributed by atoms with Crippen molar-refractivity contribution >= 4 is 21.8 Å². The molecule has 0 aliphatic heterocycles. The van der Waals surface area contributed by atoms with Gasteiger partial charge in [-0.15, -0.1) is 0 Å². The number of ketones is 1. The van der Waals surface area contributed by atoms with E-state index in [-0.39, 0.29) is 28.9 Å². The molecule has 1 saturated carbocycles. The summed E-state index contributed by atoms with van der Waals surface area (Å²) in [4.78, 5) is 25.1. The van der Waals surface area contributed by atoms with E-state index in [1.807, 2.05) is 12.1 Å². The van der Waals surface area contributed by atoms with Gasteiger partial charge in [0, 0.05) is 11.6 Å². The molecule has 0 saturated heterocycles. The standard InChI is InChI=1S/C23H25NO5S/c1-15-6-11-20(30(27,28)24-19-9-10-19)13-21(15)23(26)29-14-22(25)18-8-7-16-4-2-3-5-17(16)12-18/h6-8,11-13,19,24H,2-5,9-10,14H2,1H3. The summed E-state index contributed by atoms with van der Waals surface area (Å²) < 4.78 is 32.7. The lowest BCUT2D eigenvalue weighted by atomic mass is 9.90.